The molecule has 1 unspecified atom stereocenters. The molecule has 4 heteroatoms. The van der Waals surface area contributed by atoms with E-state index in [4.69, 9.17) is 0 Å². The van der Waals surface area contributed by atoms with Crippen LogP contribution in [0.2, 0.25) is 0 Å². The second-order valence-corrected chi connectivity index (χ2v) is 3.51. The highest BCUT2D eigenvalue weighted by atomic mass is 19.2. The van der Waals surface area contributed by atoms with Crippen LogP contribution in [0.4, 0.5) is 8.78 Å². The molecule has 2 rings (SSSR count). The molecule has 1 aromatic rings. The number of hydrogen-bond acceptors (Lipinski definition) is 2. The average molecular weight is 199 g/mol. The highest BCUT2D eigenvalue weighted by molar-refractivity contribution is 5.37. The number of aromatic hydroxyl groups is 1. The van der Waals surface area contributed by atoms with Gasteiger partial charge in [0.1, 0.15) is 5.75 Å². The molecule has 76 valence electrons. The first-order chi connectivity index (χ1) is 6.68. The first kappa shape index (κ1) is 9.40. The number of halogens is 2. The van der Waals surface area contributed by atoms with Gasteiger partial charge in [-0.25, -0.2) is 8.78 Å². The van der Waals surface area contributed by atoms with E-state index in [0.29, 0.717) is 12.1 Å². The van der Waals surface area contributed by atoms with Gasteiger partial charge in [0.15, 0.2) is 11.6 Å². The van der Waals surface area contributed by atoms with E-state index in [1.165, 1.54) is 0 Å². The molecule has 0 aliphatic carbocycles. The van der Waals surface area contributed by atoms with Crippen LogP contribution in [-0.2, 0) is 0 Å². The molecule has 0 spiro atoms. The maximum absolute atomic E-state index is 12.9. The quantitative estimate of drug-likeness (QED) is 0.722. The lowest BCUT2D eigenvalue weighted by Gasteiger charge is -2.11. The summed E-state index contributed by atoms with van der Waals surface area (Å²) in [5.41, 5.74) is 0.494. The summed E-state index contributed by atoms with van der Waals surface area (Å²) >= 11 is 0. The molecule has 1 heterocycles. The summed E-state index contributed by atoms with van der Waals surface area (Å²) in [6.45, 7) is 1.56. The molecule has 2 N–H and O–H groups in total. The Labute approximate surface area is 80.6 Å². The monoisotopic (exact) mass is 199 g/mol. The number of hydrogen-bond donors (Lipinski definition) is 2. The van der Waals surface area contributed by atoms with Gasteiger partial charge in [-0.3, -0.25) is 0 Å². The van der Waals surface area contributed by atoms with Crippen LogP contribution in [-0.4, -0.2) is 18.2 Å². The van der Waals surface area contributed by atoms with E-state index in [2.05, 4.69) is 5.32 Å². The first-order valence-corrected chi connectivity index (χ1v) is 4.57. The van der Waals surface area contributed by atoms with E-state index in [0.717, 1.165) is 25.1 Å². The molecule has 1 aliphatic heterocycles. The first-order valence-electron chi connectivity index (χ1n) is 4.57. The Bertz CT molecular complexity index is 348. The van der Waals surface area contributed by atoms with Crippen molar-refractivity contribution in [3.8, 4) is 5.75 Å². The smallest absolute Gasteiger partial charge is 0.162 e. The van der Waals surface area contributed by atoms with Crippen LogP contribution < -0.4 is 5.32 Å². The number of phenols is 1. The summed E-state index contributed by atoms with van der Waals surface area (Å²) in [5.74, 6) is -1.97. The van der Waals surface area contributed by atoms with Gasteiger partial charge in [-0.2, -0.15) is 0 Å². The second-order valence-electron chi connectivity index (χ2n) is 3.51. The van der Waals surface area contributed by atoms with Crippen LogP contribution in [0.15, 0.2) is 12.1 Å². The Morgan fingerprint density at radius 2 is 2.00 bits per heavy atom. The van der Waals surface area contributed by atoms with E-state index in [1.54, 1.807) is 0 Å². The number of benzene rings is 1. The average Bonchev–Trinajstić information content (AvgIpc) is 2.64. The van der Waals surface area contributed by atoms with Crippen LogP contribution in [0.25, 0.3) is 0 Å². The van der Waals surface area contributed by atoms with E-state index >= 15 is 0 Å². The zero-order valence-corrected chi connectivity index (χ0v) is 7.56. The zero-order chi connectivity index (χ0) is 10.1. The summed E-state index contributed by atoms with van der Waals surface area (Å²) in [5, 5.41) is 12.5. The Kier molecular flexibility index (Phi) is 2.37. The number of phenolic OH excluding ortho intramolecular Hbond substituents is 1. The molecule has 0 bridgehead atoms. The minimum absolute atomic E-state index is 0.0881. The van der Waals surface area contributed by atoms with Gasteiger partial charge in [0.2, 0.25) is 0 Å². The molecule has 0 amide bonds. The topological polar surface area (TPSA) is 32.3 Å². The van der Waals surface area contributed by atoms with Crippen molar-refractivity contribution in [2.45, 2.75) is 12.3 Å². The molecule has 1 aliphatic rings. The molecule has 1 aromatic carbocycles. The summed E-state index contributed by atoms with van der Waals surface area (Å²) in [6, 6.07) is 1.92. The van der Waals surface area contributed by atoms with E-state index < -0.39 is 11.6 Å². The van der Waals surface area contributed by atoms with Crippen molar-refractivity contribution in [3.63, 3.8) is 0 Å². The van der Waals surface area contributed by atoms with Crippen LogP contribution >= 0.6 is 0 Å². The third kappa shape index (κ3) is 1.57. The van der Waals surface area contributed by atoms with Crippen molar-refractivity contribution in [2.75, 3.05) is 13.1 Å². The molecule has 1 saturated heterocycles. The summed E-state index contributed by atoms with van der Waals surface area (Å²) < 4.78 is 25.6. The Balaban J connectivity index is 2.37. The van der Waals surface area contributed by atoms with E-state index in [-0.39, 0.29) is 11.7 Å². The highest BCUT2D eigenvalue weighted by Crippen LogP contribution is 2.31. The SMILES string of the molecule is Oc1cc(F)c(F)cc1C1CCNC1. The van der Waals surface area contributed by atoms with Crippen molar-refractivity contribution >= 4 is 0 Å². The molecule has 2 nitrogen and oxygen atoms in total. The number of rotatable bonds is 1. The van der Waals surface area contributed by atoms with Gasteiger partial charge in [0.25, 0.3) is 0 Å². The molecule has 14 heavy (non-hydrogen) atoms. The maximum Gasteiger partial charge on any atom is 0.162 e. The minimum atomic E-state index is -1.00. The normalized spacial score (nSPS) is 21.4. The lowest BCUT2D eigenvalue weighted by molar-refractivity contribution is 0.442. The lowest BCUT2D eigenvalue weighted by Crippen LogP contribution is -2.08. The predicted molar refractivity (Wildman–Crippen MR) is 48.3 cm³/mol. The summed E-state index contributed by atoms with van der Waals surface area (Å²) in [7, 11) is 0. The summed E-state index contributed by atoms with van der Waals surface area (Å²) in [4.78, 5) is 0. The van der Waals surface area contributed by atoms with Crippen LogP contribution in [0.5, 0.6) is 5.75 Å². The van der Waals surface area contributed by atoms with Gasteiger partial charge in [-0.05, 0) is 19.0 Å². The fourth-order valence-corrected chi connectivity index (χ4v) is 1.80. The lowest BCUT2D eigenvalue weighted by atomic mass is 9.97. The molecular weight excluding hydrogens is 188 g/mol. The zero-order valence-electron chi connectivity index (χ0n) is 7.56. The van der Waals surface area contributed by atoms with Crippen molar-refractivity contribution in [3.05, 3.63) is 29.3 Å². The molecule has 1 fully saturated rings. The van der Waals surface area contributed by atoms with Crippen LogP contribution in [0, 0.1) is 11.6 Å². The Hall–Kier alpha value is -1.16. The van der Waals surface area contributed by atoms with Crippen LogP contribution in [0.1, 0.15) is 17.9 Å². The van der Waals surface area contributed by atoms with Crippen molar-refractivity contribution < 1.29 is 13.9 Å². The van der Waals surface area contributed by atoms with Crippen LogP contribution in [0.3, 0.4) is 0 Å². The molecule has 0 aromatic heterocycles. The maximum atomic E-state index is 12.9. The third-order valence-corrected chi connectivity index (χ3v) is 2.57. The van der Waals surface area contributed by atoms with E-state index in [1.807, 2.05) is 0 Å². The van der Waals surface area contributed by atoms with Gasteiger partial charge in [-0.15, -0.1) is 0 Å². The molecule has 0 radical (unpaired) electrons. The van der Waals surface area contributed by atoms with Gasteiger partial charge in [-0.1, -0.05) is 0 Å². The van der Waals surface area contributed by atoms with Gasteiger partial charge in [0, 0.05) is 24.1 Å². The Morgan fingerprint density at radius 3 is 2.64 bits per heavy atom. The predicted octanol–water partition coefficient (Wildman–Crippen LogP) is 1.75. The molecular formula is C10H11F2NO. The fraction of sp³-hybridized carbons (Fsp3) is 0.400. The van der Waals surface area contributed by atoms with Crippen molar-refractivity contribution in [2.24, 2.45) is 0 Å². The molecule has 0 saturated carbocycles. The Morgan fingerprint density at radius 1 is 1.29 bits per heavy atom. The van der Waals surface area contributed by atoms with Gasteiger partial charge >= 0.3 is 0 Å². The summed E-state index contributed by atoms with van der Waals surface area (Å²) in [6.07, 6.45) is 0.846. The van der Waals surface area contributed by atoms with E-state index in [9.17, 15) is 13.9 Å². The van der Waals surface area contributed by atoms with Gasteiger partial charge < -0.3 is 10.4 Å². The van der Waals surface area contributed by atoms with Crippen molar-refractivity contribution in [1.29, 1.82) is 0 Å². The number of nitrogens with one attached hydrogen (secondary N) is 1. The third-order valence-electron chi connectivity index (χ3n) is 2.57. The van der Waals surface area contributed by atoms with Crippen molar-refractivity contribution in [1.82, 2.24) is 5.32 Å². The largest absolute Gasteiger partial charge is 0.508 e. The highest BCUT2D eigenvalue weighted by Gasteiger charge is 2.21. The second kappa shape index (κ2) is 3.53. The van der Waals surface area contributed by atoms with Gasteiger partial charge in [0.05, 0.1) is 0 Å². The molecule has 1 atom stereocenters. The standard InChI is InChI=1S/C10H11F2NO/c11-8-3-7(6-1-2-13-5-6)10(14)4-9(8)12/h3-4,6,13-14H,1-2,5H2. The fourth-order valence-electron chi connectivity index (χ4n) is 1.80. The minimum Gasteiger partial charge on any atom is -0.508 e.